The summed E-state index contributed by atoms with van der Waals surface area (Å²) in [6, 6.07) is 6.12. The number of hydrogen-bond donors (Lipinski definition) is 2. The van der Waals surface area contributed by atoms with E-state index in [2.05, 4.69) is 10.6 Å². The van der Waals surface area contributed by atoms with Crippen LogP contribution in [0.5, 0.6) is 0 Å². The summed E-state index contributed by atoms with van der Waals surface area (Å²) in [5, 5.41) is 15.7. The number of carbonyl (C=O) groups is 2. The average molecular weight is 379 g/mol. The number of carbonyl (C=O) groups excluding carboxylic acids is 2. The first-order valence-corrected chi connectivity index (χ1v) is 7.66. The van der Waals surface area contributed by atoms with Gasteiger partial charge in [-0.1, -0.05) is 0 Å². The van der Waals surface area contributed by atoms with Gasteiger partial charge in [0.1, 0.15) is 11.6 Å². The fraction of sp³-hybridized carbons (Fsp3) is 0.176. The van der Waals surface area contributed by atoms with Crippen LogP contribution in [0.4, 0.5) is 25.8 Å². The predicted octanol–water partition coefficient (Wildman–Crippen LogP) is 3.10. The van der Waals surface area contributed by atoms with Crippen molar-refractivity contribution in [3.05, 3.63) is 63.7 Å². The molecule has 1 amide bonds. The smallest absolute Gasteiger partial charge is 0.341 e. The minimum Gasteiger partial charge on any atom is -0.449 e. The van der Waals surface area contributed by atoms with Gasteiger partial charge >= 0.3 is 5.97 Å². The lowest BCUT2D eigenvalue weighted by Gasteiger charge is -2.15. The van der Waals surface area contributed by atoms with Crippen LogP contribution in [0.15, 0.2) is 36.4 Å². The molecule has 2 aromatic carbocycles. The number of nitrogens with zero attached hydrogens (tertiary/aromatic N) is 1. The van der Waals surface area contributed by atoms with Crippen molar-refractivity contribution in [2.45, 2.75) is 13.0 Å². The van der Waals surface area contributed by atoms with Gasteiger partial charge in [0.05, 0.1) is 16.2 Å². The molecule has 0 unspecified atom stereocenters. The highest BCUT2D eigenvalue weighted by Crippen LogP contribution is 2.23. The Morgan fingerprint density at radius 3 is 2.41 bits per heavy atom. The van der Waals surface area contributed by atoms with Crippen molar-refractivity contribution >= 4 is 28.9 Å². The van der Waals surface area contributed by atoms with Crippen LogP contribution in [0.2, 0.25) is 0 Å². The standard InChI is InChI=1S/C17H15F2N3O5/c1-9(16(23)21-15-5-3-10(18)7-13(15)19)27-17(24)12-8-11(22(25)26)4-6-14(12)20-2/h3-9,20H,1-2H3,(H,21,23)/t9-/m1/s1. The number of halogens is 2. The maximum Gasteiger partial charge on any atom is 0.341 e. The second-order valence-electron chi connectivity index (χ2n) is 5.40. The summed E-state index contributed by atoms with van der Waals surface area (Å²) < 4.78 is 31.5. The monoisotopic (exact) mass is 379 g/mol. The Bertz CT molecular complexity index is 904. The van der Waals surface area contributed by atoms with Gasteiger partial charge in [0.15, 0.2) is 6.10 Å². The van der Waals surface area contributed by atoms with E-state index in [1.807, 2.05) is 0 Å². The number of hydrogen-bond acceptors (Lipinski definition) is 6. The Hall–Kier alpha value is -3.56. The zero-order valence-electron chi connectivity index (χ0n) is 14.3. The van der Waals surface area contributed by atoms with Gasteiger partial charge in [0.25, 0.3) is 11.6 Å². The summed E-state index contributed by atoms with van der Waals surface area (Å²) >= 11 is 0. The summed E-state index contributed by atoms with van der Waals surface area (Å²) in [6.07, 6.45) is -1.34. The van der Waals surface area contributed by atoms with Gasteiger partial charge in [-0.15, -0.1) is 0 Å². The molecule has 27 heavy (non-hydrogen) atoms. The maximum absolute atomic E-state index is 13.6. The summed E-state index contributed by atoms with van der Waals surface area (Å²) in [5.41, 5.74) is -0.482. The number of ether oxygens (including phenoxy) is 1. The van der Waals surface area contributed by atoms with Crippen LogP contribution in [0.3, 0.4) is 0 Å². The molecule has 0 saturated carbocycles. The molecule has 2 N–H and O–H groups in total. The van der Waals surface area contributed by atoms with E-state index in [4.69, 9.17) is 4.74 Å². The third kappa shape index (κ3) is 4.75. The fourth-order valence-electron chi connectivity index (χ4n) is 2.14. The number of esters is 1. The zero-order valence-corrected chi connectivity index (χ0v) is 14.3. The molecule has 2 rings (SSSR count). The fourth-order valence-corrected chi connectivity index (χ4v) is 2.14. The van der Waals surface area contributed by atoms with Crippen LogP contribution >= 0.6 is 0 Å². The molecule has 0 bridgehead atoms. The molecule has 2 aromatic rings. The van der Waals surface area contributed by atoms with Crippen molar-refractivity contribution in [3.8, 4) is 0 Å². The van der Waals surface area contributed by atoms with E-state index in [-0.39, 0.29) is 22.6 Å². The second kappa shape index (κ2) is 8.21. The summed E-state index contributed by atoms with van der Waals surface area (Å²) in [7, 11) is 1.51. The molecular formula is C17H15F2N3O5. The zero-order chi connectivity index (χ0) is 20.1. The third-order valence-corrected chi connectivity index (χ3v) is 3.55. The van der Waals surface area contributed by atoms with Crippen LogP contribution in [-0.2, 0) is 9.53 Å². The molecule has 0 fully saturated rings. The van der Waals surface area contributed by atoms with Gasteiger partial charge in [-0.3, -0.25) is 14.9 Å². The highest BCUT2D eigenvalue weighted by molar-refractivity contribution is 6.00. The third-order valence-electron chi connectivity index (χ3n) is 3.55. The molecule has 0 aromatic heterocycles. The Balaban J connectivity index is 2.13. The Morgan fingerprint density at radius 2 is 1.81 bits per heavy atom. The molecule has 0 heterocycles. The summed E-state index contributed by atoms with van der Waals surface area (Å²) in [5.74, 6) is -3.64. The van der Waals surface area contributed by atoms with Crippen molar-refractivity contribution in [2.75, 3.05) is 17.7 Å². The maximum atomic E-state index is 13.6. The van der Waals surface area contributed by atoms with Gasteiger partial charge in [-0.25, -0.2) is 13.6 Å². The van der Waals surface area contributed by atoms with Crippen LogP contribution in [0, 0.1) is 21.7 Å². The summed E-state index contributed by atoms with van der Waals surface area (Å²) in [4.78, 5) is 34.6. The van der Waals surface area contributed by atoms with Crippen LogP contribution < -0.4 is 10.6 Å². The van der Waals surface area contributed by atoms with Crippen molar-refractivity contribution in [3.63, 3.8) is 0 Å². The largest absolute Gasteiger partial charge is 0.449 e. The number of amides is 1. The number of rotatable bonds is 6. The molecule has 0 aliphatic carbocycles. The van der Waals surface area contributed by atoms with Crippen molar-refractivity contribution in [2.24, 2.45) is 0 Å². The Kier molecular flexibility index (Phi) is 6.01. The van der Waals surface area contributed by atoms with E-state index in [9.17, 15) is 28.5 Å². The van der Waals surface area contributed by atoms with E-state index in [0.717, 1.165) is 18.2 Å². The van der Waals surface area contributed by atoms with E-state index in [1.54, 1.807) is 0 Å². The average Bonchev–Trinajstić information content (AvgIpc) is 2.63. The first-order valence-electron chi connectivity index (χ1n) is 7.66. The quantitative estimate of drug-likeness (QED) is 0.453. The van der Waals surface area contributed by atoms with E-state index >= 15 is 0 Å². The highest BCUT2D eigenvalue weighted by Gasteiger charge is 2.23. The Morgan fingerprint density at radius 1 is 1.15 bits per heavy atom. The lowest BCUT2D eigenvalue weighted by atomic mass is 10.1. The van der Waals surface area contributed by atoms with Gasteiger partial charge in [0.2, 0.25) is 0 Å². The van der Waals surface area contributed by atoms with Gasteiger partial charge < -0.3 is 15.4 Å². The number of nitrogens with one attached hydrogen (secondary N) is 2. The van der Waals surface area contributed by atoms with Crippen molar-refractivity contribution in [1.82, 2.24) is 0 Å². The number of nitro benzene ring substituents is 1. The lowest BCUT2D eigenvalue weighted by Crippen LogP contribution is -2.30. The summed E-state index contributed by atoms with van der Waals surface area (Å²) in [6.45, 7) is 1.24. The van der Waals surface area contributed by atoms with Crippen LogP contribution in [0.1, 0.15) is 17.3 Å². The second-order valence-corrected chi connectivity index (χ2v) is 5.40. The minimum absolute atomic E-state index is 0.140. The number of non-ortho nitro benzene ring substituents is 1. The molecule has 142 valence electrons. The van der Waals surface area contributed by atoms with Gasteiger partial charge in [-0.2, -0.15) is 0 Å². The first-order chi connectivity index (χ1) is 12.7. The highest BCUT2D eigenvalue weighted by atomic mass is 19.1. The van der Waals surface area contributed by atoms with E-state index < -0.39 is 34.5 Å². The van der Waals surface area contributed by atoms with Crippen molar-refractivity contribution < 1.29 is 28.0 Å². The molecule has 0 saturated heterocycles. The molecule has 8 nitrogen and oxygen atoms in total. The van der Waals surface area contributed by atoms with Crippen LogP contribution in [0.25, 0.3) is 0 Å². The topological polar surface area (TPSA) is 111 Å². The predicted molar refractivity (Wildman–Crippen MR) is 92.5 cm³/mol. The van der Waals surface area contributed by atoms with Crippen molar-refractivity contribution in [1.29, 1.82) is 0 Å². The molecule has 0 spiro atoms. The molecule has 0 radical (unpaired) electrons. The molecule has 1 atom stereocenters. The lowest BCUT2D eigenvalue weighted by molar-refractivity contribution is -0.384. The molecular weight excluding hydrogens is 364 g/mol. The first kappa shape index (κ1) is 19.8. The van der Waals surface area contributed by atoms with E-state index in [1.165, 1.54) is 26.1 Å². The van der Waals surface area contributed by atoms with E-state index in [0.29, 0.717) is 6.07 Å². The van der Waals surface area contributed by atoms with Gasteiger partial charge in [-0.05, 0) is 25.1 Å². The Labute approximate surface area is 152 Å². The van der Waals surface area contributed by atoms with Gasteiger partial charge in [0, 0.05) is 30.9 Å². The molecule has 10 heteroatoms. The number of anilines is 2. The number of benzene rings is 2. The normalized spacial score (nSPS) is 11.4. The minimum atomic E-state index is -1.34. The number of nitro groups is 1. The molecule has 0 aliphatic heterocycles. The SMILES string of the molecule is CNc1ccc([N+](=O)[O-])cc1C(=O)O[C@H](C)C(=O)Nc1ccc(F)cc1F. The van der Waals surface area contributed by atoms with Crippen LogP contribution in [-0.4, -0.2) is 30.0 Å². The molecule has 0 aliphatic rings.